The highest BCUT2D eigenvalue weighted by Gasteiger charge is 2.33. The Morgan fingerprint density at radius 1 is 1.25 bits per heavy atom. The third-order valence-electron chi connectivity index (χ3n) is 5.36. The van der Waals surface area contributed by atoms with E-state index in [4.69, 9.17) is 18.9 Å². The number of carbonyl (C=O) groups is 2. The van der Waals surface area contributed by atoms with E-state index in [-0.39, 0.29) is 24.9 Å². The van der Waals surface area contributed by atoms with E-state index in [9.17, 15) is 14.7 Å². The molecule has 3 rings (SSSR count). The second kappa shape index (κ2) is 10.4. The van der Waals surface area contributed by atoms with Crippen molar-refractivity contribution in [3.8, 4) is 11.5 Å². The normalized spacial score (nSPS) is 21.0. The molecule has 1 fully saturated rings. The summed E-state index contributed by atoms with van der Waals surface area (Å²) in [5.41, 5.74) is 0.610. The van der Waals surface area contributed by atoms with Gasteiger partial charge in [0.25, 0.3) is 5.91 Å². The molecule has 178 valence electrons. The van der Waals surface area contributed by atoms with Gasteiger partial charge in [-0.15, -0.1) is 0 Å². The molecule has 0 radical (unpaired) electrons. The molecule has 2 N–H and O–H groups in total. The number of aliphatic hydroxyl groups excluding tert-OH is 1. The second-order valence-electron chi connectivity index (χ2n) is 9.21. The van der Waals surface area contributed by atoms with Crippen LogP contribution in [0.4, 0.5) is 4.79 Å². The van der Waals surface area contributed by atoms with Crippen molar-refractivity contribution in [2.75, 3.05) is 40.0 Å². The van der Waals surface area contributed by atoms with Crippen molar-refractivity contribution in [2.45, 2.75) is 51.9 Å². The molecule has 2 amide bonds. The third kappa shape index (κ3) is 6.26. The molecule has 9 heteroatoms. The monoisotopic (exact) mass is 450 g/mol. The first kappa shape index (κ1) is 24.1. The summed E-state index contributed by atoms with van der Waals surface area (Å²) in [6, 6.07) is 3.57. The number of rotatable bonds is 5. The summed E-state index contributed by atoms with van der Waals surface area (Å²) in [6.07, 6.45) is 0.0989. The number of carbonyl (C=O) groups excluding carboxylic acids is 2. The van der Waals surface area contributed by atoms with Crippen LogP contribution in [0.2, 0.25) is 0 Å². The first-order chi connectivity index (χ1) is 15.2. The summed E-state index contributed by atoms with van der Waals surface area (Å²) >= 11 is 0. The van der Waals surface area contributed by atoms with E-state index in [1.807, 2.05) is 6.07 Å². The highest BCUT2D eigenvalue weighted by Crippen LogP contribution is 2.35. The molecular weight excluding hydrogens is 416 g/mol. The number of amides is 2. The van der Waals surface area contributed by atoms with Crippen molar-refractivity contribution >= 4 is 12.0 Å². The minimum Gasteiger partial charge on any atom is -0.490 e. The maximum absolute atomic E-state index is 13.0. The summed E-state index contributed by atoms with van der Waals surface area (Å²) in [7, 11) is 1.59. The molecule has 1 aromatic carbocycles. The van der Waals surface area contributed by atoms with Gasteiger partial charge in [0.15, 0.2) is 11.5 Å². The Hall–Kier alpha value is -2.52. The minimum absolute atomic E-state index is 0.171. The molecule has 2 aliphatic rings. The van der Waals surface area contributed by atoms with Crippen molar-refractivity contribution in [3.05, 3.63) is 23.3 Å². The number of likely N-dealkylation sites (tertiary alicyclic amines) is 1. The first-order valence-corrected chi connectivity index (χ1v) is 11.0. The number of nitrogens with zero attached hydrogens (tertiary/aromatic N) is 1. The van der Waals surface area contributed by atoms with Crippen molar-refractivity contribution in [1.82, 2.24) is 10.2 Å². The number of aliphatic hydroxyl groups is 1. The lowest BCUT2D eigenvalue weighted by Gasteiger charge is -2.36. The van der Waals surface area contributed by atoms with Gasteiger partial charge in [0.05, 0.1) is 38.0 Å². The molecule has 0 aromatic heterocycles. The zero-order valence-electron chi connectivity index (χ0n) is 19.3. The van der Waals surface area contributed by atoms with E-state index in [0.29, 0.717) is 49.8 Å². The van der Waals surface area contributed by atoms with Gasteiger partial charge >= 0.3 is 6.09 Å². The van der Waals surface area contributed by atoms with E-state index < -0.39 is 17.8 Å². The summed E-state index contributed by atoms with van der Waals surface area (Å²) in [5.74, 6) is 0.495. The van der Waals surface area contributed by atoms with Crippen LogP contribution in [-0.4, -0.2) is 73.7 Å². The number of hydrogen-bond donors (Lipinski definition) is 2. The fourth-order valence-corrected chi connectivity index (χ4v) is 3.78. The van der Waals surface area contributed by atoms with Gasteiger partial charge in [0.1, 0.15) is 5.60 Å². The molecule has 0 spiro atoms. The summed E-state index contributed by atoms with van der Waals surface area (Å²) in [4.78, 5) is 26.8. The van der Waals surface area contributed by atoms with E-state index in [2.05, 4.69) is 5.32 Å². The predicted octanol–water partition coefficient (Wildman–Crippen LogP) is 2.34. The number of piperidine rings is 1. The highest BCUT2D eigenvalue weighted by molar-refractivity contribution is 5.98. The predicted molar refractivity (Wildman–Crippen MR) is 117 cm³/mol. The molecule has 2 unspecified atom stereocenters. The van der Waals surface area contributed by atoms with Gasteiger partial charge in [-0.05, 0) is 44.9 Å². The molecule has 1 saturated heterocycles. The minimum atomic E-state index is -0.756. The zero-order valence-corrected chi connectivity index (χ0v) is 19.3. The molecule has 9 nitrogen and oxygen atoms in total. The van der Waals surface area contributed by atoms with Gasteiger partial charge in [-0.3, -0.25) is 4.79 Å². The fourth-order valence-electron chi connectivity index (χ4n) is 3.78. The van der Waals surface area contributed by atoms with Crippen LogP contribution in [0, 0.1) is 5.92 Å². The second-order valence-corrected chi connectivity index (χ2v) is 9.21. The van der Waals surface area contributed by atoms with Gasteiger partial charge < -0.3 is 34.3 Å². The number of methoxy groups -OCH3 is 1. The average Bonchev–Trinajstić information content (AvgIpc) is 2.96. The van der Waals surface area contributed by atoms with Crippen molar-refractivity contribution in [2.24, 2.45) is 5.92 Å². The molecule has 0 bridgehead atoms. The lowest BCUT2D eigenvalue weighted by atomic mass is 9.94. The number of hydrogen-bond acceptors (Lipinski definition) is 7. The third-order valence-corrected chi connectivity index (χ3v) is 5.36. The summed E-state index contributed by atoms with van der Waals surface area (Å²) < 4.78 is 22.1. The quantitative estimate of drug-likeness (QED) is 0.709. The van der Waals surface area contributed by atoms with Gasteiger partial charge in [-0.2, -0.15) is 0 Å². The number of nitrogens with one attached hydrogen (secondary N) is 1. The largest absolute Gasteiger partial charge is 0.490 e. The molecule has 2 atom stereocenters. The smallest absolute Gasteiger partial charge is 0.410 e. The lowest BCUT2D eigenvalue weighted by Crippen LogP contribution is -2.50. The Bertz CT molecular complexity index is 821. The van der Waals surface area contributed by atoms with E-state index >= 15 is 0 Å². The van der Waals surface area contributed by atoms with Gasteiger partial charge in [-0.25, -0.2) is 4.79 Å². The van der Waals surface area contributed by atoms with Crippen LogP contribution in [0.5, 0.6) is 11.5 Å². The number of fused-ring (bicyclic) bond motifs is 1. The van der Waals surface area contributed by atoms with Crippen LogP contribution in [-0.2, 0) is 16.1 Å². The van der Waals surface area contributed by atoms with E-state index in [0.717, 1.165) is 12.0 Å². The number of β-amino-alcohol motifs (C(OH)–C–C–N with tert-alkyl or cyclic N) is 1. The number of benzene rings is 1. The standard InChI is InChI=1S/C23H34N2O7/c1-23(2,3)32-22(28)25-7-6-16(18(26)13-25)12-24-21(27)17-10-15(14-29-4)11-19-20(17)31-9-5-8-30-19/h10-11,16,18,26H,5-9,12-14H2,1-4H3,(H,24,27). The summed E-state index contributed by atoms with van der Waals surface area (Å²) in [6.45, 7) is 7.67. The van der Waals surface area contributed by atoms with E-state index in [1.165, 1.54) is 4.90 Å². The van der Waals surface area contributed by atoms with Crippen LogP contribution in [0.25, 0.3) is 0 Å². The molecule has 32 heavy (non-hydrogen) atoms. The van der Waals surface area contributed by atoms with Crippen molar-refractivity contribution in [3.63, 3.8) is 0 Å². The zero-order chi connectivity index (χ0) is 23.3. The van der Waals surface area contributed by atoms with Crippen LogP contribution >= 0.6 is 0 Å². The summed E-state index contributed by atoms with van der Waals surface area (Å²) in [5, 5.41) is 13.5. The fraction of sp³-hybridized carbons (Fsp3) is 0.652. The van der Waals surface area contributed by atoms with Crippen molar-refractivity contribution in [1.29, 1.82) is 0 Å². The molecule has 1 aromatic rings. The van der Waals surface area contributed by atoms with E-state index in [1.54, 1.807) is 33.9 Å². The van der Waals surface area contributed by atoms with Gasteiger partial charge in [0, 0.05) is 32.5 Å². The van der Waals surface area contributed by atoms with Crippen LogP contribution in [0.15, 0.2) is 12.1 Å². The lowest BCUT2D eigenvalue weighted by molar-refractivity contribution is -0.0122. The average molecular weight is 451 g/mol. The Morgan fingerprint density at radius 3 is 2.69 bits per heavy atom. The maximum Gasteiger partial charge on any atom is 0.410 e. The molecular formula is C23H34N2O7. The first-order valence-electron chi connectivity index (χ1n) is 11.0. The molecule has 0 saturated carbocycles. The SMILES string of the molecule is COCc1cc2c(c(C(=O)NCC3CCN(C(=O)OC(C)(C)C)CC3O)c1)OCCCO2. The van der Waals surface area contributed by atoms with Crippen molar-refractivity contribution < 1.29 is 33.6 Å². The highest BCUT2D eigenvalue weighted by atomic mass is 16.6. The maximum atomic E-state index is 13.0. The van der Waals surface area contributed by atoms with Gasteiger partial charge in [-0.1, -0.05) is 0 Å². The van der Waals surface area contributed by atoms with Crippen LogP contribution in [0.3, 0.4) is 0 Å². The van der Waals surface area contributed by atoms with Crippen LogP contribution in [0.1, 0.15) is 49.5 Å². The molecule has 0 aliphatic carbocycles. The Morgan fingerprint density at radius 2 is 2.00 bits per heavy atom. The van der Waals surface area contributed by atoms with Gasteiger partial charge in [0.2, 0.25) is 0 Å². The Kier molecular flexibility index (Phi) is 7.84. The Balaban J connectivity index is 1.62. The Labute approximate surface area is 189 Å². The molecule has 2 aliphatic heterocycles. The van der Waals surface area contributed by atoms with Crippen LogP contribution < -0.4 is 14.8 Å². The molecule has 2 heterocycles. The number of ether oxygens (including phenoxy) is 4. The topological polar surface area (TPSA) is 107 Å².